The van der Waals surface area contributed by atoms with Gasteiger partial charge in [0.1, 0.15) is 42.0 Å². The molecular weight excluding hydrogens is 775 g/mol. The summed E-state index contributed by atoms with van der Waals surface area (Å²) >= 11 is 0. The third-order valence-electron chi connectivity index (χ3n) is 9.77. The molecule has 2 aromatic rings. The van der Waals surface area contributed by atoms with E-state index in [0.29, 0.717) is 56.2 Å². The van der Waals surface area contributed by atoms with Crippen molar-refractivity contribution in [1.82, 2.24) is 31.9 Å². The number of carboxylic acid groups (broad SMARTS) is 2. The van der Waals surface area contributed by atoms with Crippen molar-refractivity contribution >= 4 is 41.6 Å². The van der Waals surface area contributed by atoms with Gasteiger partial charge in [-0.1, -0.05) is 95.8 Å². The molecule has 17 nitrogen and oxygen atoms in total. The molecule has 0 heterocycles. The third-order valence-corrected chi connectivity index (χ3v) is 9.77. The first kappa shape index (κ1) is 50.4. The lowest BCUT2D eigenvalue weighted by molar-refractivity contribution is -0.142. The maximum atomic E-state index is 14.2. The topological polar surface area (TPSA) is 278 Å². The minimum absolute atomic E-state index is 0.00911. The van der Waals surface area contributed by atoms with Crippen LogP contribution < -0.4 is 37.6 Å². The van der Waals surface area contributed by atoms with E-state index in [4.69, 9.17) is 5.73 Å². The molecule has 0 aliphatic heterocycles. The minimum Gasteiger partial charge on any atom is -0.508 e. The van der Waals surface area contributed by atoms with E-state index in [1.54, 1.807) is 42.5 Å². The molecule has 11 N–H and O–H groups in total. The predicted octanol–water partition coefficient (Wildman–Crippen LogP) is 2.88. The quantitative estimate of drug-likeness (QED) is 0.0557. The molecule has 17 heteroatoms. The van der Waals surface area contributed by atoms with E-state index in [1.165, 1.54) is 12.1 Å². The van der Waals surface area contributed by atoms with Crippen LogP contribution in [0.2, 0.25) is 0 Å². The Kier molecular flexibility index (Phi) is 22.8. The van der Waals surface area contributed by atoms with Gasteiger partial charge < -0.3 is 53.0 Å². The van der Waals surface area contributed by atoms with Crippen LogP contribution in [0.5, 0.6) is 5.75 Å². The number of aromatic hydroxyl groups is 1. The zero-order valence-corrected chi connectivity index (χ0v) is 35.2. The molecule has 0 unspecified atom stereocenters. The van der Waals surface area contributed by atoms with Gasteiger partial charge in [0.15, 0.2) is 0 Å². The van der Waals surface area contributed by atoms with Gasteiger partial charge in [0.25, 0.3) is 0 Å². The largest absolute Gasteiger partial charge is 0.508 e. The van der Waals surface area contributed by atoms with Crippen molar-refractivity contribution < 1.29 is 48.9 Å². The first-order valence-electron chi connectivity index (χ1n) is 20.8. The predicted molar refractivity (Wildman–Crippen MR) is 226 cm³/mol. The van der Waals surface area contributed by atoms with Gasteiger partial charge in [-0.05, 0) is 74.2 Å². The number of unbranched alkanes of at least 4 members (excludes halogenated alkanes) is 3. The van der Waals surface area contributed by atoms with Gasteiger partial charge in [-0.15, -0.1) is 0 Å². The molecule has 2 aromatic carbocycles. The summed E-state index contributed by atoms with van der Waals surface area (Å²) in [5.74, 6) is -4.91. The van der Waals surface area contributed by atoms with E-state index in [1.807, 2.05) is 27.7 Å². The summed E-state index contributed by atoms with van der Waals surface area (Å²) in [6, 6.07) is 7.64. The smallest absolute Gasteiger partial charge is 0.405 e. The molecule has 0 aliphatic rings. The van der Waals surface area contributed by atoms with Crippen LogP contribution in [0.4, 0.5) is 4.79 Å². The van der Waals surface area contributed by atoms with Crippen molar-refractivity contribution in [2.75, 3.05) is 6.54 Å². The molecule has 0 fully saturated rings. The number of phenolic OH excluding ortho intramolecular Hbond substituents is 1. The van der Waals surface area contributed by atoms with Crippen LogP contribution in [0.1, 0.15) is 103 Å². The van der Waals surface area contributed by atoms with Gasteiger partial charge in [0.05, 0.1) is 0 Å². The zero-order valence-electron chi connectivity index (χ0n) is 35.2. The number of nitrogens with two attached hydrogens (primary N) is 1. The average molecular weight is 840 g/mol. The second kappa shape index (κ2) is 27.1. The molecule has 6 amide bonds. The van der Waals surface area contributed by atoms with Crippen molar-refractivity contribution in [1.29, 1.82) is 0 Å². The molecule has 0 radical (unpaired) electrons. The van der Waals surface area contributed by atoms with Gasteiger partial charge in [-0.3, -0.25) is 24.0 Å². The van der Waals surface area contributed by atoms with E-state index in [9.17, 15) is 48.9 Å². The highest BCUT2D eigenvalue weighted by atomic mass is 16.4. The van der Waals surface area contributed by atoms with Crippen LogP contribution in [0, 0.1) is 5.92 Å². The van der Waals surface area contributed by atoms with Crippen molar-refractivity contribution in [3.63, 3.8) is 0 Å². The molecule has 332 valence electrons. The summed E-state index contributed by atoms with van der Waals surface area (Å²) in [5.41, 5.74) is 6.81. The van der Waals surface area contributed by atoms with Crippen molar-refractivity contribution in [3.05, 3.63) is 65.7 Å². The molecule has 0 saturated carbocycles. The van der Waals surface area contributed by atoms with Gasteiger partial charge >= 0.3 is 12.1 Å². The lowest BCUT2D eigenvalue weighted by atomic mass is 9.99. The fourth-order valence-electron chi connectivity index (χ4n) is 6.45. The summed E-state index contributed by atoms with van der Waals surface area (Å²) in [6.07, 6.45) is 2.63. The van der Waals surface area contributed by atoms with Crippen molar-refractivity contribution in [3.8, 4) is 5.75 Å². The zero-order chi connectivity index (χ0) is 44.6. The molecule has 0 bridgehead atoms. The van der Waals surface area contributed by atoms with Crippen LogP contribution in [0.15, 0.2) is 54.6 Å². The standard InChI is InChI=1S/C43H65N7O10/c1-5-7-16-31(37(52)48-36(26-29-19-21-30(51)22-20-29)41(56)46-33(42(57)58)18-12-13-23-44)45-40(55)35(25-28-14-10-9-11-15-28)49-39(54)34(24-27(3)4)47-38(53)32(17-8-6-2)50-43(59)60/h9-11,14-15,19-22,27,31-36,50-51H,5-8,12-13,16-18,23-26,44H2,1-4H3,(H,45,55)(H,46,56)(H,47,53)(H,48,52)(H,49,54)(H,57,58)(H,59,60)/t31-,32-,33-,34-,35-,36-/m0/s1. The SMILES string of the molecule is CCCC[C@H](NC(=O)O)C(=O)N[C@@H](CC(C)C)C(=O)N[C@@H](Cc1ccccc1)C(=O)N[C@@H](CCCC)C(=O)N[C@@H](Cc1ccc(O)cc1)C(=O)N[C@@H](CCCCN)C(=O)O. The molecule has 0 saturated heterocycles. The monoisotopic (exact) mass is 839 g/mol. The Bertz CT molecular complexity index is 1680. The summed E-state index contributed by atoms with van der Waals surface area (Å²) < 4.78 is 0. The normalized spacial score (nSPS) is 14.0. The number of rotatable bonds is 28. The Morgan fingerprint density at radius 2 is 0.950 bits per heavy atom. The van der Waals surface area contributed by atoms with Crippen molar-refractivity contribution in [2.24, 2.45) is 11.7 Å². The molecule has 60 heavy (non-hydrogen) atoms. The number of carbonyl (C=O) groups excluding carboxylic acids is 5. The fraction of sp³-hybridized carbons (Fsp3) is 0.558. The molecule has 6 atom stereocenters. The average Bonchev–Trinajstić information content (AvgIpc) is 3.20. The second-order valence-electron chi connectivity index (χ2n) is 15.4. The van der Waals surface area contributed by atoms with Crippen LogP contribution in [-0.4, -0.2) is 99.7 Å². The number of hydrogen-bond acceptors (Lipinski definition) is 9. The van der Waals surface area contributed by atoms with Crippen LogP contribution in [-0.2, 0) is 41.6 Å². The highest BCUT2D eigenvalue weighted by Gasteiger charge is 2.34. The Labute approximate surface area is 352 Å². The first-order valence-corrected chi connectivity index (χ1v) is 20.8. The Hall–Kier alpha value is -5.71. The maximum absolute atomic E-state index is 14.2. The van der Waals surface area contributed by atoms with Crippen LogP contribution >= 0.6 is 0 Å². The van der Waals surface area contributed by atoms with E-state index < -0.39 is 77.8 Å². The number of phenols is 1. The van der Waals surface area contributed by atoms with Gasteiger partial charge in [-0.25, -0.2) is 9.59 Å². The van der Waals surface area contributed by atoms with E-state index in [2.05, 4.69) is 31.9 Å². The number of aliphatic carboxylic acids is 1. The number of amides is 6. The number of nitrogens with one attached hydrogen (secondary N) is 6. The fourth-order valence-corrected chi connectivity index (χ4v) is 6.45. The second-order valence-corrected chi connectivity index (χ2v) is 15.4. The molecule has 0 aliphatic carbocycles. The number of carboxylic acids is 1. The Morgan fingerprint density at radius 3 is 1.42 bits per heavy atom. The van der Waals surface area contributed by atoms with Crippen molar-refractivity contribution in [2.45, 2.75) is 141 Å². The Balaban J connectivity index is 2.43. The summed E-state index contributed by atoms with van der Waals surface area (Å²) in [4.78, 5) is 92.8. The van der Waals surface area contributed by atoms with Gasteiger partial charge in [0.2, 0.25) is 29.5 Å². The van der Waals surface area contributed by atoms with E-state index in [-0.39, 0.29) is 50.2 Å². The first-order chi connectivity index (χ1) is 28.6. The number of carbonyl (C=O) groups is 7. The summed E-state index contributed by atoms with van der Waals surface area (Å²) in [7, 11) is 0. The minimum atomic E-state index is -1.38. The lowest BCUT2D eigenvalue weighted by Gasteiger charge is -2.28. The molecule has 2 rings (SSSR count). The maximum Gasteiger partial charge on any atom is 0.405 e. The van der Waals surface area contributed by atoms with Crippen LogP contribution in [0.3, 0.4) is 0 Å². The van der Waals surface area contributed by atoms with E-state index in [0.717, 1.165) is 0 Å². The highest BCUT2D eigenvalue weighted by molar-refractivity contribution is 5.96. The number of hydrogen-bond donors (Lipinski definition) is 10. The summed E-state index contributed by atoms with van der Waals surface area (Å²) in [5, 5.41) is 44.7. The van der Waals surface area contributed by atoms with E-state index >= 15 is 0 Å². The van der Waals surface area contributed by atoms with Gasteiger partial charge in [-0.2, -0.15) is 0 Å². The number of benzene rings is 2. The summed E-state index contributed by atoms with van der Waals surface area (Å²) in [6.45, 7) is 7.84. The Morgan fingerprint density at radius 1 is 0.533 bits per heavy atom. The lowest BCUT2D eigenvalue weighted by Crippen LogP contribution is -2.60. The van der Waals surface area contributed by atoms with Gasteiger partial charge in [0, 0.05) is 12.8 Å². The molecular formula is C43H65N7O10. The highest BCUT2D eigenvalue weighted by Crippen LogP contribution is 2.14. The third kappa shape index (κ3) is 18.9. The molecule has 0 aromatic heterocycles. The van der Waals surface area contributed by atoms with Crippen LogP contribution in [0.25, 0.3) is 0 Å². The molecule has 0 spiro atoms.